The molecule has 3 heterocycles. The van der Waals surface area contributed by atoms with E-state index in [4.69, 9.17) is 4.98 Å². The van der Waals surface area contributed by atoms with Crippen LogP contribution in [0.2, 0.25) is 0 Å². The van der Waals surface area contributed by atoms with Gasteiger partial charge < -0.3 is 9.80 Å². The Bertz CT molecular complexity index is 611. The van der Waals surface area contributed by atoms with E-state index in [1.807, 2.05) is 18.1 Å². The van der Waals surface area contributed by atoms with Gasteiger partial charge in [0.05, 0.1) is 5.69 Å². The van der Waals surface area contributed by atoms with E-state index in [1.54, 1.807) is 0 Å². The van der Waals surface area contributed by atoms with Crippen molar-refractivity contribution in [3.05, 3.63) is 17.8 Å². The number of likely N-dealkylation sites (N-methyl/N-ethyl adjacent to an activating group) is 1. The first-order chi connectivity index (χ1) is 10.6. The van der Waals surface area contributed by atoms with Crippen molar-refractivity contribution in [3.8, 4) is 0 Å². The van der Waals surface area contributed by atoms with Crippen molar-refractivity contribution in [1.29, 1.82) is 0 Å². The van der Waals surface area contributed by atoms with Crippen LogP contribution in [0, 0.1) is 0 Å². The lowest BCUT2D eigenvalue weighted by Crippen LogP contribution is -2.63. The molecule has 0 bridgehead atoms. The summed E-state index contributed by atoms with van der Waals surface area (Å²) in [5, 5.41) is 0. The van der Waals surface area contributed by atoms with Crippen LogP contribution in [-0.4, -0.2) is 54.6 Å². The molecule has 5 nitrogen and oxygen atoms in total. The Labute approximate surface area is 131 Å². The quantitative estimate of drug-likeness (QED) is 0.835. The zero-order valence-corrected chi connectivity index (χ0v) is 13.6. The molecule has 118 valence electrons. The number of rotatable bonds is 2. The topological polar surface area (TPSA) is 39.7 Å². The van der Waals surface area contributed by atoms with Crippen LogP contribution in [0.25, 0.3) is 0 Å². The summed E-state index contributed by atoms with van der Waals surface area (Å²) in [4.78, 5) is 24.0. The van der Waals surface area contributed by atoms with Crippen molar-refractivity contribution in [1.82, 2.24) is 9.88 Å². The molecule has 0 aromatic carbocycles. The fourth-order valence-electron chi connectivity index (χ4n) is 3.65. The molecule has 1 aromatic heterocycles. The summed E-state index contributed by atoms with van der Waals surface area (Å²) >= 11 is 0. The van der Waals surface area contributed by atoms with Gasteiger partial charge in [-0.15, -0.1) is 0 Å². The average molecular weight is 300 g/mol. The highest BCUT2D eigenvalue weighted by Gasteiger charge is 2.41. The monoisotopic (exact) mass is 300 g/mol. The lowest BCUT2D eigenvalue weighted by molar-refractivity contribution is -0.121. The Balaban J connectivity index is 1.69. The molecule has 22 heavy (non-hydrogen) atoms. The molecule has 1 atom stereocenters. The molecule has 5 heteroatoms. The Hall–Kier alpha value is -1.62. The summed E-state index contributed by atoms with van der Waals surface area (Å²) in [6, 6.07) is 2.57. The van der Waals surface area contributed by atoms with Crippen LogP contribution in [0.1, 0.15) is 38.2 Å². The summed E-state index contributed by atoms with van der Waals surface area (Å²) in [6.45, 7) is 7.07. The number of nitrogens with zero attached hydrogens (tertiary/aromatic N) is 4. The van der Waals surface area contributed by atoms with Gasteiger partial charge >= 0.3 is 0 Å². The number of aromatic nitrogens is 1. The van der Waals surface area contributed by atoms with Crippen LogP contribution in [-0.2, 0) is 4.79 Å². The van der Waals surface area contributed by atoms with Crippen molar-refractivity contribution < 1.29 is 4.79 Å². The second-order valence-electron chi connectivity index (χ2n) is 7.08. The first-order valence-electron chi connectivity index (χ1n) is 8.34. The van der Waals surface area contributed by atoms with E-state index in [2.05, 4.69) is 29.7 Å². The average Bonchev–Trinajstić information content (AvgIpc) is 3.36. The van der Waals surface area contributed by atoms with E-state index < -0.39 is 0 Å². The molecule has 4 rings (SSSR count). The lowest BCUT2D eigenvalue weighted by Gasteiger charge is -2.47. The third kappa shape index (κ3) is 2.10. The second-order valence-corrected chi connectivity index (χ2v) is 7.08. The van der Waals surface area contributed by atoms with E-state index in [9.17, 15) is 4.79 Å². The van der Waals surface area contributed by atoms with Crippen LogP contribution in [0.4, 0.5) is 11.5 Å². The third-order valence-corrected chi connectivity index (χ3v) is 5.31. The molecule has 1 saturated carbocycles. The molecule has 2 fully saturated rings. The number of carbonyl (C=O) groups is 1. The van der Waals surface area contributed by atoms with Gasteiger partial charge in [0.1, 0.15) is 6.04 Å². The van der Waals surface area contributed by atoms with Crippen molar-refractivity contribution in [3.63, 3.8) is 0 Å². The van der Waals surface area contributed by atoms with Crippen LogP contribution in [0.15, 0.2) is 12.3 Å². The molecule has 1 unspecified atom stereocenters. The van der Waals surface area contributed by atoms with E-state index in [0.717, 1.165) is 31.1 Å². The SMILES string of the molecule is CC(C)N1CCN2c3ncc(C4CC4)cc3N(C)C(=O)C2C1. The number of piperazine rings is 1. The van der Waals surface area contributed by atoms with E-state index in [1.165, 1.54) is 18.4 Å². The highest BCUT2D eigenvalue weighted by molar-refractivity contribution is 6.04. The Morgan fingerprint density at radius 1 is 1.27 bits per heavy atom. The van der Waals surface area contributed by atoms with Gasteiger partial charge in [0.2, 0.25) is 0 Å². The minimum absolute atomic E-state index is 0.0899. The van der Waals surface area contributed by atoms with Crippen molar-refractivity contribution in [2.75, 3.05) is 36.5 Å². The fourth-order valence-corrected chi connectivity index (χ4v) is 3.65. The molecule has 1 aromatic rings. The highest BCUT2D eigenvalue weighted by Crippen LogP contribution is 2.43. The minimum atomic E-state index is -0.0899. The maximum Gasteiger partial charge on any atom is 0.250 e. The summed E-state index contributed by atoms with van der Waals surface area (Å²) < 4.78 is 0. The number of pyridine rings is 1. The Morgan fingerprint density at radius 3 is 2.73 bits per heavy atom. The molecule has 0 radical (unpaired) electrons. The minimum Gasteiger partial charge on any atom is -0.340 e. The van der Waals surface area contributed by atoms with Crippen LogP contribution in [0.5, 0.6) is 0 Å². The van der Waals surface area contributed by atoms with Crippen LogP contribution < -0.4 is 9.80 Å². The maximum atomic E-state index is 12.8. The summed E-state index contributed by atoms with van der Waals surface area (Å²) in [5.41, 5.74) is 2.28. The Morgan fingerprint density at radius 2 is 2.05 bits per heavy atom. The predicted molar refractivity (Wildman–Crippen MR) is 87.5 cm³/mol. The molecule has 3 aliphatic rings. The summed E-state index contributed by atoms with van der Waals surface area (Å²) in [7, 11) is 1.89. The zero-order chi connectivity index (χ0) is 15.4. The van der Waals surface area contributed by atoms with Crippen LogP contribution >= 0.6 is 0 Å². The maximum absolute atomic E-state index is 12.8. The molecule has 0 spiro atoms. The third-order valence-electron chi connectivity index (χ3n) is 5.31. The van der Waals surface area contributed by atoms with Crippen molar-refractivity contribution in [2.24, 2.45) is 0 Å². The number of hydrogen-bond acceptors (Lipinski definition) is 4. The lowest BCUT2D eigenvalue weighted by atomic mass is 10.0. The van der Waals surface area contributed by atoms with E-state index >= 15 is 0 Å². The molecular formula is C17H24N4O. The zero-order valence-electron chi connectivity index (χ0n) is 13.6. The van der Waals surface area contributed by atoms with E-state index in [0.29, 0.717) is 12.0 Å². The van der Waals surface area contributed by atoms with Gasteiger partial charge in [0.25, 0.3) is 5.91 Å². The number of anilines is 2. The summed E-state index contributed by atoms with van der Waals surface area (Å²) in [6.07, 6.45) is 4.54. The van der Waals surface area contributed by atoms with Gasteiger partial charge in [-0.1, -0.05) is 0 Å². The number of hydrogen-bond donors (Lipinski definition) is 0. The van der Waals surface area contributed by atoms with Crippen molar-refractivity contribution >= 4 is 17.4 Å². The first-order valence-corrected chi connectivity index (χ1v) is 8.34. The normalized spacial score (nSPS) is 25.5. The smallest absolute Gasteiger partial charge is 0.250 e. The number of amides is 1. The fraction of sp³-hybridized carbons (Fsp3) is 0.647. The predicted octanol–water partition coefficient (Wildman–Crippen LogP) is 1.83. The molecular weight excluding hydrogens is 276 g/mol. The van der Waals surface area contributed by atoms with Crippen molar-refractivity contribution in [2.45, 2.75) is 44.7 Å². The largest absolute Gasteiger partial charge is 0.340 e. The van der Waals surface area contributed by atoms with Gasteiger partial charge in [-0.05, 0) is 44.2 Å². The first kappa shape index (κ1) is 14.0. The number of fused-ring (bicyclic) bond motifs is 3. The molecule has 2 aliphatic heterocycles. The highest BCUT2D eigenvalue weighted by atomic mass is 16.2. The standard InChI is InChI=1S/C17H24N4O/c1-11(2)20-6-7-21-15(10-20)17(22)19(3)14-8-13(12-4-5-12)9-18-16(14)21/h8-9,11-12,15H,4-7,10H2,1-3H3. The van der Waals surface area contributed by atoms with Gasteiger partial charge in [-0.25, -0.2) is 4.98 Å². The Kier molecular flexibility index (Phi) is 3.15. The van der Waals surface area contributed by atoms with Gasteiger partial charge in [-0.2, -0.15) is 0 Å². The van der Waals surface area contributed by atoms with Gasteiger partial charge in [-0.3, -0.25) is 9.69 Å². The van der Waals surface area contributed by atoms with Crippen LogP contribution in [0.3, 0.4) is 0 Å². The van der Waals surface area contributed by atoms with E-state index in [-0.39, 0.29) is 11.9 Å². The molecule has 0 N–H and O–H groups in total. The van der Waals surface area contributed by atoms with Gasteiger partial charge in [0.15, 0.2) is 5.82 Å². The molecule has 1 saturated heterocycles. The van der Waals surface area contributed by atoms with Gasteiger partial charge in [0, 0.05) is 38.9 Å². The molecule has 1 amide bonds. The number of carbonyl (C=O) groups excluding carboxylic acids is 1. The molecule has 1 aliphatic carbocycles. The second kappa shape index (κ2) is 4.95. The summed E-state index contributed by atoms with van der Waals surface area (Å²) in [5.74, 6) is 1.85.